The minimum Gasteiger partial charge on any atom is -0.496 e. The van der Waals surface area contributed by atoms with Crippen molar-refractivity contribution < 1.29 is 27.5 Å². The number of fused-ring (bicyclic) bond motifs is 1. The van der Waals surface area contributed by atoms with Crippen LogP contribution in [0.5, 0.6) is 17.2 Å². The van der Waals surface area contributed by atoms with Crippen LogP contribution in [0, 0.1) is 5.92 Å². The highest BCUT2D eigenvalue weighted by molar-refractivity contribution is 7.92. The molecule has 6 rings (SSSR count). The molecule has 0 bridgehead atoms. The van der Waals surface area contributed by atoms with Gasteiger partial charge in [-0.25, -0.2) is 13.2 Å². The number of pyridine rings is 1. The number of urea groups is 1. The number of rotatable bonds is 14. The summed E-state index contributed by atoms with van der Waals surface area (Å²) in [6.07, 6.45) is 8.21. The monoisotopic (exact) mass is 791 g/mol. The number of piperidine rings is 1. The maximum atomic E-state index is 13.3. The van der Waals surface area contributed by atoms with Gasteiger partial charge in [-0.05, 0) is 117 Å². The molecule has 1 aromatic heterocycles. The molecule has 0 radical (unpaired) electrons. The van der Waals surface area contributed by atoms with Crippen molar-refractivity contribution in [1.82, 2.24) is 9.88 Å². The van der Waals surface area contributed by atoms with Crippen molar-refractivity contribution in [3.63, 3.8) is 0 Å². The zero-order valence-corrected chi connectivity index (χ0v) is 34.5. The van der Waals surface area contributed by atoms with E-state index in [9.17, 15) is 18.0 Å². The molecule has 1 aliphatic heterocycles. The summed E-state index contributed by atoms with van der Waals surface area (Å²) in [6, 6.07) is 25.3. The van der Waals surface area contributed by atoms with E-state index in [1.165, 1.54) is 12.8 Å². The first-order chi connectivity index (χ1) is 27.1. The number of likely N-dealkylation sites (tertiary alicyclic amines) is 1. The van der Waals surface area contributed by atoms with Crippen molar-refractivity contribution >= 4 is 49.7 Å². The van der Waals surface area contributed by atoms with Crippen molar-refractivity contribution in [3.8, 4) is 17.2 Å². The summed E-state index contributed by atoms with van der Waals surface area (Å²) in [5.74, 6) is 2.59. The predicted octanol–water partition coefficient (Wildman–Crippen LogP) is 9.63. The molecule has 300 valence electrons. The van der Waals surface area contributed by atoms with Crippen molar-refractivity contribution in [3.05, 3.63) is 114 Å². The maximum Gasteiger partial charge on any atom is 0.323 e. The van der Waals surface area contributed by atoms with E-state index < -0.39 is 16.1 Å². The second-order valence-corrected chi connectivity index (χ2v) is 17.8. The molecular weight excluding hydrogens is 739 g/mol. The molecule has 11 nitrogen and oxygen atoms in total. The van der Waals surface area contributed by atoms with Crippen molar-refractivity contribution in [2.75, 3.05) is 48.9 Å². The van der Waals surface area contributed by atoms with Crippen LogP contribution in [0.3, 0.4) is 0 Å². The number of anilines is 3. The van der Waals surface area contributed by atoms with Crippen molar-refractivity contribution in [2.45, 2.75) is 64.7 Å². The number of carbonyl (C=O) groups excluding carboxylic acids is 2. The van der Waals surface area contributed by atoms with Crippen LogP contribution in [-0.4, -0.2) is 63.6 Å². The molecule has 0 saturated carbocycles. The molecule has 1 fully saturated rings. The summed E-state index contributed by atoms with van der Waals surface area (Å²) in [6.45, 7) is 8.30. The zero-order valence-electron chi connectivity index (χ0n) is 33.6. The summed E-state index contributed by atoms with van der Waals surface area (Å²) in [5, 5.41) is 7.37. The van der Waals surface area contributed by atoms with Gasteiger partial charge in [0.05, 0.1) is 30.3 Å². The highest BCUT2D eigenvalue weighted by Crippen LogP contribution is 2.36. The molecule has 3 N–H and O–H groups in total. The third kappa shape index (κ3) is 11.3. The number of amides is 2. The van der Waals surface area contributed by atoms with Crippen LogP contribution in [-0.2, 0) is 21.9 Å². The number of nitrogens with one attached hydrogen (secondary N) is 3. The Morgan fingerprint density at radius 2 is 1.61 bits per heavy atom. The van der Waals surface area contributed by atoms with Crippen LogP contribution in [0.2, 0.25) is 0 Å². The van der Waals surface area contributed by atoms with E-state index in [1.54, 1.807) is 43.6 Å². The molecule has 0 unspecified atom stereocenters. The lowest BCUT2D eigenvalue weighted by atomic mass is 9.86. The smallest absolute Gasteiger partial charge is 0.323 e. The third-order valence-corrected chi connectivity index (χ3v) is 10.9. The predicted molar refractivity (Wildman–Crippen MR) is 229 cm³/mol. The lowest BCUT2D eigenvalue weighted by molar-refractivity contribution is 0.0972. The largest absolute Gasteiger partial charge is 0.496 e. The van der Waals surface area contributed by atoms with Crippen LogP contribution in [0.1, 0.15) is 80.1 Å². The lowest BCUT2D eigenvalue weighted by Crippen LogP contribution is -2.30. The van der Waals surface area contributed by atoms with Gasteiger partial charge in [0, 0.05) is 47.3 Å². The first-order valence-electron chi connectivity index (χ1n) is 19.4. The number of ketones is 1. The van der Waals surface area contributed by atoms with Gasteiger partial charge in [0.1, 0.15) is 17.2 Å². The number of nitrogens with zero attached hydrogens (tertiary/aromatic N) is 2. The minimum atomic E-state index is -3.52. The number of hydrogen-bond donors (Lipinski definition) is 3. The molecule has 5 aromatic rings. The number of benzene rings is 4. The molecule has 0 aliphatic carbocycles. The van der Waals surface area contributed by atoms with E-state index in [-0.39, 0.29) is 11.2 Å². The summed E-state index contributed by atoms with van der Waals surface area (Å²) in [4.78, 5) is 33.5. The quantitative estimate of drug-likeness (QED) is 0.0946. The van der Waals surface area contributed by atoms with E-state index in [4.69, 9.17) is 9.47 Å². The van der Waals surface area contributed by atoms with Gasteiger partial charge in [0.15, 0.2) is 5.78 Å². The Morgan fingerprint density at radius 3 is 2.33 bits per heavy atom. The summed E-state index contributed by atoms with van der Waals surface area (Å²) >= 11 is 0. The van der Waals surface area contributed by atoms with Crippen LogP contribution in [0.4, 0.5) is 21.9 Å². The molecule has 1 aliphatic rings. The number of aromatic nitrogens is 1. The Balaban J connectivity index is 1.12. The van der Waals surface area contributed by atoms with E-state index in [1.807, 2.05) is 75.4 Å². The first kappa shape index (κ1) is 41.2. The fraction of sp³-hybridized carbons (Fsp3) is 0.356. The fourth-order valence-corrected chi connectivity index (χ4v) is 7.77. The Morgan fingerprint density at radius 1 is 0.877 bits per heavy atom. The lowest BCUT2D eigenvalue weighted by Gasteiger charge is -2.28. The SMILES string of the molecule is COc1cc(Cc2cc(Oc3ccc(NC(=O)Nc4cc(NS(C)(=O)=O)cc(C(C)(C)C)c4)c4ccccc34)ccn2)ccc1C(=O)CCCC1CCN(C)CC1. The van der Waals surface area contributed by atoms with Gasteiger partial charge < -0.3 is 25.0 Å². The number of methoxy groups -OCH3 is 1. The second kappa shape index (κ2) is 17.8. The molecule has 1 saturated heterocycles. The molecule has 0 spiro atoms. The van der Waals surface area contributed by atoms with Gasteiger partial charge in [-0.3, -0.25) is 14.5 Å². The Hall–Kier alpha value is -5.46. The van der Waals surface area contributed by atoms with Crippen LogP contribution < -0.4 is 24.8 Å². The number of ether oxygens (including phenoxy) is 2. The summed E-state index contributed by atoms with van der Waals surface area (Å²) < 4.78 is 38.5. The number of Topliss-reactive ketones (excluding diaryl/α,β-unsaturated/α-hetero) is 1. The van der Waals surface area contributed by atoms with Crippen LogP contribution >= 0.6 is 0 Å². The van der Waals surface area contributed by atoms with Gasteiger partial charge >= 0.3 is 6.03 Å². The molecule has 0 atom stereocenters. The summed E-state index contributed by atoms with van der Waals surface area (Å²) in [5.41, 5.74) is 4.30. The van der Waals surface area contributed by atoms with Crippen molar-refractivity contribution in [1.29, 1.82) is 0 Å². The van der Waals surface area contributed by atoms with E-state index in [2.05, 4.69) is 32.3 Å². The fourth-order valence-electron chi connectivity index (χ4n) is 7.22. The number of sulfonamides is 1. The minimum absolute atomic E-state index is 0.109. The van der Waals surface area contributed by atoms with Gasteiger partial charge in [-0.2, -0.15) is 0 Å². The van der Waals surface area contributed by atoms with Gasteiger partial charge in [-0.15, -0.1) is 0 Å². The summed E-state index contributed by atoms with van der Waals surface area (Å²) in [7, 11) is 0.242. The molecular formula is C45H53N5O6S. The van der Waals surface area contributed by atoms with Gasteiger partial charge in [-0.1, -0.05) is 51.1 Å². The normalized spacial score (nSPS) is 13.9. The molecule has 2 amide bonds. The average molecular weight is 792 g/mol. The molecule has 12 heteroatoms. The Bertz CT molecular complexity index is 2350. The maximum absolute atomic E-state index is 13.3. The standard InChI is InChI=1S/C45H53N5O6S/c1-45(2,3)32-26-34(28-35(27-32)49-57(6,53)54)47-44(52)48-40-16-17-42(38-12-8-7-11-37(38)40)56-36-18-21-46-33(29-36)24-31-14-15-39(43(25-31)55-5)41(51)13-9-10-30-19-22-50(4)23-20-30/h7-8,11-12,14-18,21,25-30,49H,9-10,13,19-20,22-24H2,1-6H3,(H2,47,48,52). The van der Waals surface area contributed by atoms with E-state index in [0.29, 0.717) is 58.6 Å². The third-order valence-electron chi connectivity index (χ3n) is 10.3. The second-order valence-electron chi connectivity index (χ2n) is 16.0. The topological polar surface area (TPSA) is 139 Å². The van der Waals surface area contributed by atoms with E-state index in [0.717, 1.165) is 59.8 Å². The molecule has 2 heterocycles. The Kier molecular flexibility index (Phi) is 12.8. The first-order valence-corrected chi connectivity index (χ1v) is 21.3. The van der Waals surface area contributed by atoms with Crippen LogP contribution in [0.15, 0.2) is 91.1 Å². The van der Waals surface area contributed by atoms with Crippen LogP contribution in [0.25, 0.3) is 10.8 Å². The molecule has 4 aromatic carbocycles. The molecule has 57 heavy (non-hydrogen) atoms. The highest BCUT2D eigenvalue weighted by atomic mass is 32.2. The Labute approximate surface area is 336 Å². The average Bonchev–Trinajstić information content (AvgIpc) is 3.15. The van der Waals surface area contributed by atoms with Gasteiger partial charge in [0.2, 0.25) is 10.0 Å². The van der Waals surface area contributed by atoms with Gasteiger partial charge in [0.25, 0.3) is 0 Å². The van der Waals surface area contributed by atoms with Crippen molar-refractivity contribution in [2.24, 2.45) is 5.92 Å². The van der Waals surface area contributed by atoms with E-state index >= 15 is 0 Å². The number of hydrogen-bond acceptors (Lipinski definition) is 8. The zero-order chi connectivity index (χ0) is 40.7. The highest BCUT2D eigenvalue weighted by Gasteiger charge is 2.20. The number of carbonyl (C=O) groups is 2.